The second-order valence-electron chi connectivity index (χ2n) is 9.16. The quantitative estimate of drug-likeness (QED) is 0.345. The molecular formula is C28H37NO4S. The second-order valence-corrected chi connectivity index (χ2v) is 10.1. The van der Waals surface area contributed by atoms with E-state index >= 15 is 0 Å². The SMILES string of the molecule is CSCC[C@H](NC(=O)c1ccc(OCCCC2CCCCC2)cc1-c1ccccc1C)C(=O)O. The molecule has 0 radical (unpaired) electrons. The van der Waals surface area contributed by atoms with Gasteiger partial charge in [-0.15, -0.1) is 0 Å². The number of ether oxygens (including phenoxy) is 1. The van der Waals surface area contributed by atoms with Crippen molar-refractivity contribution in [2.75, 3.05) is 18.6 Å². The summed E-state index contributed by atoms with van der Waals surface area (Å²) >= 11 is 1.56. The van der Waals surface area contributed by atoms with Gasteiger partial charge in [0.15, 0.2) is 0 Å². The molecule has 2 aromatic carbocycles. The van der Waals surface area contributed by atoms with Crippen LogP contribution in [0.2, 0.25) is 0 Å². The summed E-state index contributed by atoms with van der Waals surface area (Å²) in [5.41, 5.74) is 3.20. The molecule has 1 aliphatic carbocycles. The molecule has 0 aliphatic heterocycles. The highest BCUT2D eigenvalue weighted by molar-refractivity contribution is 7.98. The molecule has 1 saturated carbocycles. The third-order valence-electron chi connectivity index (χ3n) is 6.64. The third-order valence-corrected chi connectivity index (χ3v) is 7.28. The van der Waals surface area contributed by atoms with Crippen molar-refractivity contribution >= 4 is 23.6 Å². The number of carboxylic acids is 1. The van der Waals surface area contributed by atoms with Crippen molar-refractivity contribution in [1.29, 1.82) is 0 Å². The number of hydrogen-bond donors (Lipinski definition) is 2. The summed E-state index contributed by atoms with van der Waals surface area (Å²) in [6, 6.07) is 12.5. The predicted molar refractivity (Wildman–Crippen MR) is 140 cm³/mol. The average Bonchev–Trinajstić information content (AvgIpc) is 2.85. The third kappa shape index (κ3) is 7.52. The Labute approximate surface area is 207 Å². The number of thioether (sulfide) groups is 1. The number of carbonyl (C=O) groups is 2. The maximum Gasteiger partial charge on any atom is 0.326 e. The standard InChI is InChI=1S/C28H37NO4S/c1-20-9-6-7-13-23(20)25-19-22(33-17-8-12-21-10-4-3-5-11-21)14-15-24(25)27(30)29-26(28(31)32)16-18-34-2/h6-7,9,13-15,19,21,26H,3-5,8,10-12,16-18H2,1-2H3,(H,29,30)(H,31,32)/t26-/m0/s1. The van der Waals surface area contributed by atoms with Gasteiger partial charge in [-0.25, -0.2) is 4.79 Å². The highest BCUT2D eigenvalue weighted by Gasteiger charge is 2.23. The topological polar surface area (TPSA) is 75.6 Å². The zero-order valence-corrected chi connectivity index (χ0v) is 21.2. The van der Waals surface area contributed by atoms with Crippen LogP contribution in [0.1, 0.15) is 67.3 Å². The maximum absolute atomic E-state index is 13.2. The number of aryl methyl sites for hydroxylation is 1. The van der Waals surface area contributed by atoms with Crippen molar-refractivity contribution in [1.82, 2.24) is 5.32 Å². The van der Waals surface area contributed by atoms with Crippen molar-refractivity contribution in [3.8, 4) is 16.9 Å². The molecule has 34 heavy (non-hydrogen) atoms. The van der Waals surface area contributed by atoms with Gasteiger partial charge in [-0.2, -0.15) is 11.8 Å². The van der Waals surface area contributed by atoms with E-state index in [4.69, 9.17) is 4.74 Å². The Hall–Kier alpha value is -2.47. The van der Waals surface area contributed by atoms with Crippen LogP contribution in [0.4, 0.5) is 0 Å². The van der Waals surface area contributed by atoms with Crippen LogP contribution < -0.4 is 10.1 Å². The number of hydrogen-bond acceptors (Lipinski definition) is 4. The number of amides is 1. The number of rotatable bonds is 12. The molecule has 1 atom stereocenters. The first-order valence-corrected chi connectivity index (χ1v) is 13.7. The Balaban J connectivity index is 1.75. The highest BCUT2D eigenvalue weighted by atomic mass is 32.2. The summed E-state index contributed by atoms with van der Waals surface area (Å²) in [4.78, 5) is 24.8. The Kier molecular flexibility index (Phi) is 10.3. The van der Waals surface area contributed by atoms with Gasteiger partial charge in [0.2, 0.25) is 0 Å². The van der Waals surface area contributed by atoms with E-state index in [2.05, 4.69) is 5.32 Å². The maximum atomic E-state index is 13.2. The molecule has 3 rings (SSSR count). The van der Waals surface area contributed by atoms with Crippen molar-refractivity contribution in [3.63, 3.8) is 0 Å². The lowest BCUT2D eigenvalue weighted by Gasteiger charge is -2.21. The monoisotopic (exact) mass is 483 g/mol. The summed E-state index contributed by atoms with van der Waals surface area (Å²) in [5, 5.41) is 12.3. The molecule has 0 bridgehead atoms. The lowest BCUT2D eigenvalue weighted by molar-refractivity contribution is -0.139. The van der Waals surface area contributed by atoms with Gasteiger partial charge < -0.3 is 15.2 Å². The van der Waals surface area contributed by atoms with Crippen LogP contribution in [-0.2, 0) is 4.79 Å². The zero-order valence-electron chi connectivity index (χ0n) is 20.3. The van der Waals surface area contributed by atoms with E-state index < -0.39 is 12.0 Å². The summed E-state index contributed by atoms with van der Waals surface area (Å²) in [6.07, 6.45) is 11.3. The summed E-state index contributed by atoms with van der Waals surface area (Å²) in [5.74, 6) is 0.832. The number of carbonyl (C=O) groups excluding carboxylic acids is 1. The largest absolute Gasteiger partial charge is 0.494 e. The summed E-state index contributed by atoms with van der Waals surface area (Å²) in [6.45, 7) is 2.66. The fourth-order valence-electron chi connectivity index (χ4n) is 4.68. The van der Waals surface area contributed by atoms with Crippen molar-refractivity contribution in [2.24, 2.45) is 5.92 Å². The van der Waals surface area contributed by atoms with Crippen LogP contribution in [0, 0.1) is 12.8 Å². The molecule has 6 heteroatoms. The number of aliphatic carboxylic acids is 1. The van der Waals surface area contributed by atoms with Crippen LogP contribution in [0.5, 0.6) is 5.75 Å². The minimum absolute atomic E-state index is 0.379. The molecule has 0 saturated heterocycles. The molecule has 2 N–H and O–H groups in total. The van der Waals surface area contributed by atoms with E-state index in [-0.39, 0.29) is 5.91 Å². The number of carboxylic acid groups (broad SMARTS) is 1. The first-order valence-electron chi connectivity index (χ1n) is 12.3. The normalized spacial score (nSPS) is 15.0. The fraction of sp³-hybridized carbons (Fsp3) is 0.500. The zero-order chi connectivity index (χ0) is 24.3. The van der Waals surface area contributed by atoms with Crippen LogP contribution in [-0.4, -0.2) is 41.6 Å². The summed E-state index contributed by atoms with van der Waals surface area (Å²) < 4.78 is 6.08. The molecule has 2 aromatic rings. The van der Waals surface area contributed by atoms with Gasteiger partial charge in [-0.3, -0.25) is 4.79 Å². The first-order chi connectivity index (χ1) is 16.5. The van der Waals surface area contributed by atoms with Gasteiger partial charge in [0.05, 0.1) is 6.61 Å². The highest BCUT2D eigenvalue weighted by Crippen LogP contribution is 2.31. The molecule has 0 unspecified atom stereocenters. The minimum atomic E-state index is -1.02. The lowest BCUT2D eigenvalue weighted by Crippen LogP contribution is -2.41. The van der Waals surface area contributed by atoms with E-state index in [0.29, 0.717) is 24.3 Å². The average molecular weight is 484 g/mol. The smallest absolute Gasteiger partial charge is 0.326 e. The lowest BCUT2D eigenvalue weighted by atomic mass is 9.86. The summed E-state index contributed by atoms with van der Waals surface area (Å²) in [7, 11) is 0. The van der Waals surface area contributed by atoms with Crippen molar-refractivity contribution in [3.05, 3.63) is 53.6 Å². The van der Waals surface area contributed by atoms with Crippen LogP contribution in [0.25, 0.3) is 11.1 Å². The van der Waals surface area contributed by atoms with E-state index in [9.17, 15) is 14.7 Å². The van der Waals surface area contributed by atoms with Crippen LogP contribution in [0.3, 0.4) is 0 Å². The van der Waals surface area contributed by atoms with Gasteiger partial charge in [-0.1, -0.05) is 56.4 Å². The Morgan fingerprint density at radius 3 is 2.59 bits per heavy atom. The van der Waals surface area contributed by atoms with E-state index in [0.717, 1.165) is 34.8 Å². The number of benzene rings is 2. The molecule has 0 spiro atoms. The predicted octanol–water partition coefficient (Wildman–Crippen LogP) is 6.34. The number of nitrogens with one attached hydrogen (secondary N) is 1. The van der Waals surface area contributed by atoms with E-state index in [1.54, 1.807) is 17.8 Å². The van der Waals surface area contributed by atoms with Gasteiger partial charge in [0.25, 0.3) is 5.91 Å². The van der Waals surface area contributed by atoms with Crippen molar-refractivity contribution in [2.45, 2.75) is 64.3 Å². The molecular weight excluding hydrogens is 446 g/mol. The van der Waals surface area contributed by atoms with Crippen molar-refractivity contribution < 1.29 is 19.4 Å². The molecule has 184 valence electrons. The molecule has 0 aromatic heterocycles. The van der Waals surface area contributed by atoms with E-state index in [1.807, 2.05) is 49.6 Å². The van der Waals surface area contributed by atoms with Gasteiger partial charge in [-0.05, 0) is 79.0 Å². The van der Waals surface area contributed by atoms with Gasteiger partial charge in [0.1, 0.15) is 11.8 Å². The molecule has 1 fully saturated rings. The fourth-order valence-corrected chi connectivity index (χ4v) is 5.15. The van der Waals surface area contributed by atoms with Gasteiger partial charge >= 0.3 is 5.97 Å². The molecule has 5 nitrogen and oxygen atoms in total. The molecule has 1 amide bonds. The van der Waals surface area contributed by atoms with Gasteiger partial charge in [0, 0.05) is 5.56 Å². The van der Waals surface area contributed by atoms with Crippen LogP contribution >= 0.6 is 11.8 Å². The Morgan fingerprint density at radius 1 is 1.12 bits per heavy atom. The Morgan fingerprint density at radius 2 is 1.88 bits per heavy atom. The second kappa shape index (κ2) is 13.4. The molecule has 1 aliphatic rings. The van der Waals surface area contributed by atoms with Crippen LogP contribution in [0.15, 0.2) is 42.5 Å². The molecule has 0 heterocycles. The van der Waals surface area contributed by atoms with E-state index in [1.165, 1.54) is 38.5 Å². The first kappa shape index (κ1) is 26.1. The minimum Gasteiger partial charge on any atom is -0.494 e. The Bertz CT molecular complexity index is 955.